The molecule has 1 aromatic heterocycles. The van der Waals surface area contributed by atoms with E-state index >= 15 is 0 Å². The smallest absolute Gasteiger partial charge is 0.272 e. The predicted octanol–water partition coefficient (Wildman–Crippen LogP) is 4.40. The molecule has 0 bridgehead atoms. The first-order chi connectivity index (χ1) is 14.0. The van der Waals surface area contributed by atoms with Gasteiger partial charge in [-0.25, -0.2) is 4.39 Å². The van der Waals surface area contributed by atoms with Crippen molar-refractivity contribution in [2.24, 2.45) is 0 Å². The van der Waals surface area contributed by atoms with Crippen LogP contribution in [0.25, 0.3) is 16.6 Å². The van der Waals surface area contributed by atoms with Gasteiger partial charge in [0.15, 0.2) is 0 Å². The maximum atomic E-state index is 13.6. The number of amides is 1. The first kappa shape index (κ1) is 18.4. The molecule has 144 valence electrons. The third-order valence-corrected chi connectivity index (χ3v) is 4.74. The molecule has 0 aliphatic carbocycles. The van der Waals surface area contributed by atoms with Gasteiger partial charge in [0, 0.05) is 16.8 Å². The normalized spacial score (nSPS) is 10.8. The highest BCUT2D eigenvalue weighted by Gasteiger charge is 2.23. The average molecular weight is 388 g/mol. The van der Waals surface area contributed by atoms with Crippen LogP contribution in [0.4, 0.5) is 10.1 Å². The van der Waals surface area contributed by atoms with E-state index < -0.39 is 28.6 Å². The lowest BCUT2D eigenvalue weighted by atomic mass is 10.1. The summed E-state index contributed by atoms with van der Waals surface area (Å²) in [4.78, 5) is 26.2. The highest BCUT2D eigenvalue weighted by atomic mass is 19.1. The fourth-order valence-electron chi connectivity index (χ4n) is 3.28. The minimum Gasteiger partial charge on any atom is -0.506 e. The Labute approximate surface area is 165 Å². The van der Waals surface area contributed by atoms with Gasteiger partial charge >= 0.3 is 0 Å². The predicted molar refractivity (Wildman–Crippen MR) is 110 cm³/mol. The minimum atomic E-state index is -0.809. The number of pyridine rings is 1. The standard InChI is InChI=1S/C23H17FN2O3/c1-14-11-12-15(24)13-18(14)25-22(28)20-21(27)17-9-5-6-10-19(17)26(23(20)29)16-7-3-2-4-8-16/h2-13,27H,1H3,(H,25,28). The van der Waals surface area contributed by atoms with Crippen LogP contribution in [0.1, 0.15) is 15.9 Å². The Morgan fingerprint density at radius 1 is 1.00 bits per heavy atom. The molecule has 0 aliphatic heterocycles. The molecule has 4 rings (SSSR count). The van der Waals surface area contributed by atoms with E-state index in [1.807, 2.05) is 6.07 Å². The van der Waals surface area contributed by atoms with Gasteiger partial charge in [-0.2, -0.15) is 0 Å². The lowest BCUT2D eigenvalue weighted by molar-refractivity contribution is 0.102. The zero-order valence-electron chi connectivity index (χ0n) is 15.5. The van der Waals surface area contributed by atoms with Crippen LogP contribution in [0.3, 0.4) is 0 Å². The van der Waals surface area contributed by atoms with Crippen LogP contribution < -0.4 is 10.9 Å². The van der Waals surface area contributed by atoms with E-state index in [1.165, 1.54) is 22.8 Å². The molecule has 29 heavy (non-hydrogen) atoms. The summed E-state index contributed by atoms with van der Waals surface area (Å²) in [5, 5.41) is 13.6. The maximum absolute atomic E-state index is 13.6. The van der Waals surface area contributed by atoms with E-state index in [-0.39, 0.29) is 5.69 Å². The summed E-state index contributed by atoms with van der Waals surface area (Å²) in [6.07, 6.45) is 0. The van der Waals surface area contributed by atoms with Gasteiger partial charge in [0.05, 0.1) is 5.52 Å². The number of para-hydroxylation sites is 2. The second-order valence-electron chi connectivity index (χ2n) is 6.63. The highest BCUT2D eigenvalue weighted by molar-refractivity contribution is 6.09. The van der Waals surface area contributed by atoms with Crippen molar-refractivity contribution in [1.82, 2.24) is 4.57 Å². The number of aryl methyl sites for hydroxylation is 1. The van der Waals surface area contributed by atoms with Crippen LogP contribution in [-0.2, 0) is 0 Å². The number of benzene rings is 3. The van der Waals surface area contributed by atoms with Gasteiger partial charge in [0.1, 0.15) is 17.1 Å². The van der Waals surface area contributed by atoms with Gasteiger partial charge in [0.2, 0.25) is 0 Å². The van der Waals surface area contributed by atoms with Gasteiger partial charge in [-0.05, 0) is 48.9 Å². The summed E-state index contributed by atoms with van der Waals surface area (Å²) >= 11 is 0. The number of hydrogen-bond acceptors (Lipinski definition) is 3. The number of hydrogen-bond donors (Lipinski definition) is 2. The summed E-state index contributed by atoms with van der Waals surface area (Å²) in [7, 11) is 0. The van der Waals surface area contributed by atoms with Crippen LogP contribution in [0, 0.1) is 12.7 Å². The van der Waals surface area contributed by atoms with Gasteiger partial charge in [-0.1, -0.05) is 36.4 Å². The lowest BCUT2D eigenvalue weighted by Crippen LogP contribution is -2.29. The molecule has 5 nitrogen and oxygen atoms in total. The van der Waals surface area contributed by atoms with Crippen molar-refractivity contribution in [2.75, 3.05) is 5.32 Å². The van der Waals surface area contributed by atoms with Gasteiger partial charge in [-0.15, -0.1) is 0 Å². The van der Waals surface area contributed by atoms with Crippen LogP contribution in [0.2, 0.25) is 0 Å². The number of aromatic nitrogens is 1. The average Bonchev–Trinajstić information content (AvgIpc) is 2.72. The Bertz CT molecular complexity index is 1300. The third-order valence-electron chi connectivity index (χ3n) is 4.74. The van der Waals surface area contributed by atoms with Crippen molar-refractivity contribution in [1.29, 1.82) is 0 Å². The van der Waals surface area contributed by atoms with Crippen molar-refractivity contribution in [2.45, 2.75) is 6.92 Å². The van der Waals surface area contributed by atoms with Crippen LogP contribution in [0.15, 0.2) is 77.6 Å². The first-order valence-corrected chi connectivity index (χ1v) is 8.97. The zero-order chi connectivity index (χ0) is 20.5. The largest absolute Gasteiger partial charge is 0.506 e. The number of rotatable bonds is 3. The van der Waals surface area contributed by atoms with E-state index in [0.29, 0.717) is 22.2 Å². The number of nitrogens with zero attached hydrogens (tertiary/aromatic N) is 1. The van der Waals surface area contributed by atoms with E-state index in [2.05, 4.69) is 5.32 Å². The van der Waals surface area contributed by atoms with E-state index in [4.69, 9.17) is 0 Å². The van der Waals surface area contributed by atoms with Crippen molar-refractivity contribution >= 4 is 22.5 Å². The number of halogens is 1. The molecule has 6 heteroatoms. The van der Waals surface area contributed by atoms with Crippen LogP contribution in [0.5, 0.6) is 5.75 Å². The summed E-state index contributed by atoms with van der Waals surface area (Å²) in [5.74, 6) is -1.74. The summed E-state index contributed by atoms with van der Waals surface area (Å²) in [5.41, 5.74) is 0.816. The van der Waals surface area contributed by atoms with E-state index in [9.17, 15) is 19.1 Å². The molecular weight excluding hydrogens is 371 g/mol. The van der Waals surface area contributed by atoms with Gasteiger partial charge in [0.25, 0.3) is 11.5 Å². The molecule has 0 radical (unpaired) electrons. The van der Waals surface area contributed by atoms with Crippen molar-refractivity contribution < 1.29 is 14.3 Å². The molecule has 0 spiro atoms. The Kier molecular flexibility index (Phi) is 4.60. The van der Waals surface area contributed by atoms with E-state index in [1.54, 1.807) is 55.5 Å². The molecule has 1 amide bonds. The summed E-state index contributed by atoms with van der Waals surface area (Å²) in [6.45, 7) is 1.71. The van der Waals surface area contributed by atoms with E-state index in [0.717, 1.165) is 0 Å². The molecule has 0 unspecified atom stereocenters. The maximum Gasteiger partial charge on any atom is 0.272 e. The topological polar surface area (TPSA) is 71.3 Å². The molecule has 1 heterocycles. The fraction of sp³-hybridized carbons (Fsp3) is 0.0435. The fourth-order valence-corrected chi connectivity index (χ4v) is 3.28. The Balaban J connectivity index is 1.94. The number of carbonyl (C=O) groups is 1. The zero-order valence-corrected chi connectivity index (χ0v) is 15.5. The molecular formula is C23H17FN2O3. The summed E-state index contributed by atoms with van der Waals surface area (Å²) < 4.78 is 15.0. The lowest BCUT2D eigenvalue weighted by Gasteiger charge is -2.15. The number of nitrogens with one attached hydrogen (secondary N) is 1. The minimum absolute atomic E-state index is 0.230. The molecule has 0 atom stereocenters. The molecule has 0 aliphatic rings. The quantitative estimate of drug-likeness (QED) is 0.547. The van der Waals surface area contributed by atoms with Crippen molar-refractivity contribution in [3.05, 3.63) is 100 Å². The van der Waals surface area contributed by atoms with Gasteiger partial charge < -0.3 is 10.4 Å². The third kappa shape index (κ3) is 3.25. The van der Waals surface area contributed by atoms with Crippen LogP contribution >= 0.6 is 0 Å². The number of fused-ring (bicyclic) bond motifs is 1. The molecule has 3 aromatic carbocycles. The Morgan fingerprint density at radius 2 is 1.69 bits per heavy atom. The highest BCUT2D eigenvalue weighted by Crippen LogP contribution is 2.29. The number of aromatic hydroxyl groups is 1. The molecule has 0 fully saturated rings. The Hall–Kier alpha value is -3.93. The molecule has 2 N–H and O–H groups in total. The number of carbonyl (C=O) groups excluding carboxylic acids is 1. The summed E-state index contributed by atoms with van der Waals surface area (Å²) in [6, 6.07) is 19.6. The number of anilines is 1. The van der Waals surface area contributed by atoms with Crippen molar-refractivity contribution in [3.63, 3.8) is 0 Å². The van der Waals surface area contributed by atoms with Crippen LogP contribution in [-0.4, -0.2) is 15.6 Å². The SMILES string of the molecule is Cc1ccc(F)cc1NC(=O)c1c(O)c2ccccc2n(-c2ccccc2)c1=O. The molecule has 0 saturated heterocycles. The Morgan fingerprint density at radius 3 is 2.45 bits per heavy atom. The van der Waals surface area contributed by atoms with Gasteiger partial charge in [-0.3, -0.25) is 14.2 Å². The second-order valence-corrected chi connectivity index (χ2v) is 6.63. The van der Waals surface area contributed by atoms with Crippen molar-refractivity contribution in [3.8, 4) is 11.4 Å². The second kappa shape index (κ2) is 7.24. The molecule has 0 saturated carbocycles. The first-order valence-electron chi connectivity index (χ1n) is 8.97. The monoisotopic (exact) mass is 388 g/mol. The molecule has 4 aromatic rings.